The summed E-state index contributed by atoms with van der Waals surface area (Å²) < 4.78 is 0. The van der Waals surface area contributed by atoms with Crippen LogP contribution in [0.1, 0.15) is 16.5 Å². The third kappa shape index (κ3) is 2.46. The highest BCUT2D eigenvalue weighted by atomic mass is 35.5. The average Bonchev–Trinajstić information content (AvgIpc) is 2.80. The highest BCUT2D eigenvalue weighted by molar-refractivity contribution is 7.10. The van der Waals surface area contributed by atoms with Crippen LogP contribution in [0.15, 0.2) is 35.7 Å². The van der Waals surface area contributed by atoms with Crippen molar-refractivity contribution in [2.45, 2.75) is 6.04 Å². The van der Waals surface area contributed by atoms with E-state index in [0.717, 1.165) is 4.88 Å². The summed E-state index contributed by atoms with van der Waals surface area (Å²) in [6.07, 6.45) is 0. The zero-order valence-electron chi connectivity index (χ0n) is 8.67. The van der Waals surface area contributed by atoms with Crippen molar-refractivity contribution in [2.75, 3.05) is 0 Å². The number of nitrogens with zero attached hydrogens (tertiary/aromatic N) is 1. The molecule has 0 aliphatic carbocycles. The van der Waals surface area contributed by atoms with E-state index < -0.39 is 11.0 Å². The summed E-state index contributed by atoms with van der Waals surface area (Å²) >= 11 is 7.31. The van der Waals surface area contributed by atoms with Gasteiger partial charge in [0.2, 0.25) is 0 Å². The highest BCUT2D eigenvalue weighted by Gasteiger charge is 2.21. The molecule has 0 saturated heterocycles. The molecule has 2 N–H and O–H groups in total. The van der Waals surface area contributed by atoms with E-state index in [4.69, 9.17) is 17.3 Å². The summed E-state index contributed by atoms with van der Waals surface area (Å²) in [6.45, 7) is 0. The van der Waals surface area contributed by atoms with Crippen LogP contribution in [0.4, 0.5) is 5.69 Å². The van der Waals surface area contributed by atoms with E-state index in [2.05, 4.69) is 0 Å². The maximum atomic E-state index is 10.9. The molecule has 0 radical (unpaired) electrons. The minimum absolute atomic E-state index is 0.00435. The molecule has 17 heavy (non-hydrogen) atoms. The first-order valence-electron chi connectivity index (χ1n) is 4.82. The molecule has 4 nitrogen and oxygen atoms in total. The molecule has 0 fully saturated rings. The maximum absolute atomic E-state index is 10.9. The Morgan fingerprint density at radius 1 is 1.41 bits per heavy atom. The van der Waals surface area contributed by atoms with Crippen molar-refractivity contribution in [1.82, 2.24) is 0 Å². The van der Waals surface area contributed by atoms with Gasteiger partial charge >= 0.3 is 0 Å². The Morgan fingerprint density at radius 3 is 2.76 bits per heavy atom. The molecule has 6 heteroatoms. The van der Waals surface area contributed by atoms with Crippen molar-refractivity contribution < 1.29 is 4.92 Å². The van der Waals surface area contributed by atoms with Crippen LogP contribution < -0.4 is 5.73 Å². The van der Waals surface area contributed by atoms with Crippen LogP contribution in [-0.4, -0.2) is 4.92 Å². The Morgan fingerprint density at radius 2 is 2.18 bits per heavy atom. The number of hydrogen-bond acceptors (Lipinski definition) is 4. The van der Waals surface area contributed by atoms with Gasteiger partial charge in [-0.2, -0.15) is 0 Å². The molecule has 1 heterocycles. The van der Waals surface area contributed by atoms with Crippen molar-refractivity contribution >= 4 is 28.6 Å². The first kappa shape index (κ1) is 12.0. The summed E-state index contributed by atoms with van der Waals surface area (Å²) in [5, 5.41) is 13.2. The van der Waals surface area contributed by atoms with Gasteiger partial charge in [0.15, 0.2) is 0 Å². The Labute approximate surface area is 107 Å². The topological polar surface area (TPSA) is 69.2 Å². The van der Waals surface area contributed by atoms with Crippen molar-refractivity contribution in [2.24, 2.45) is 5.73 Å². The van der Waals surface area contributed by atoms with E-state index in [1.165, 1.54) is 23.5 Å². The van der Waals surface area contributed by atoms with Crippen LogP contribution in [0.25, 0.3) is 0 Å². The number of benzene rings is 1. The maximum Gasteiger partial charge on any atom is 0.274 e. The van der Waals surface area contributed by atoms with Gasteiger partial charge in [-0.05, 0) is 23.6 Å². The highest BCUT2D eigenvalue weighted by Crippen LogP contribution is 2.32. The Balaban J connectivity index is 2.50. The standard InChI is InChI=1S/C11H9ClN2O2S/c12-7-3-4-9(14(15)16)8(6-7)11(13)10-2-1-5-17-10/h1-6,11H,13H2/t11-/m0/s1. The summed E-state index contributed by atoms with van der Waals surface area (Å²) in [5.74, 6) is 0. The number of nitrogens with two attached hydrogens (primary N) is 1. The molecule has 0 saturated carbocycles. The van der Waals surface area contributed by atoms with Crippen LogP contribution in [0.3, 0.4) is 0 Å². The Bertz CT molecular complexity index is 542. The monoisotopic (exact) mass is 268 g/mol. The second kappa shape index (κ2) is 4.83. The van der Waals surface area contributed by atoms with Crippen LogP contribution in [-0.2, 0) is 0 Å². The average molecular weight is 269 g/mol. The van der Waals surface area contributed by atoms with E-state index in [-0.39, 0.29) is 5.69 Å². The smallest absolute Gasteiger partial charge is 0.274 e. The lowest BCUT2D eigenvalue weighted by Crippen LogP contribution is -2.12. The summed E-state index contributed by atoms with van der Waals surface area (Å²) in [5.41, 5.74) is 6.45. The van der Waals surface area contributed by atoms with E-state index in [9.17, 15) is 10.1 Å². The molecule has 88 valence electrons. The molecular weight excluding hydrogens is 260 g/mol. The second-order valence-corrected chi connectivity index (χ2v) is 4.87. The van der Waals surface area contributed by atoms with Crippen LogP contribution >= 0.6 is 22.9 Å². The van der Waals surface area contributed by atoms with Gasteiger partial charge in [0.1, 0.15) is 0 Å². The summed E-state index contributed by atoms with van der Waals surface area (Å²) in [6, 6.07) is 7.60. The fraction of sp³-hybridized carbons (Fsp3) is 0.0909. The van der Waals surface area contributed by atoms with E-state index in [0.29, 0.717) is 10.6 Å². The predicted molar refractivity (Wildman–Crippen MR) is 68.5 cm³/mol. The molecule has 0 bridgehead atoms. The third-order valence-corrected chi connectivity index (χ3v) is 3.56. The first-order valence-corrected chi connectivity index (χ1v) is 6.08. The Kier molecular flexibility index (Phi) is 3.42. The number of rotatable bonds is 3. The number of thiophene rings is 1. The van der Waals surface area contributed by atoms with Crippen molar-refractivity contribution in [1.29, 1.82) is 0 Å². The van der Waals surface area contributed by atoms with E-state index in [1.54, 1.807) is 6.07 Å². The lowest BCUT2D eigenvalue weighted by molar-refractivity contribution is -0.385. The molecule has 2 aromatic rings. The van der Waals surface area contributed by atoms with Crippen LogP contribution in [0.5, 0.6) is 0 Å². The van der Waals surface area contributed by atoms with Crippen molar-refractivity contribution in [3.63, 3.8) is 0 Å². The zero-order chi connectivity index (χ0) is 12.4. The number of nitro benzene ring substituents is 1. The van der Waals surface area contributed by atoms with Gasteiger partial charge in [-0.25, -0.2) is 0 Å². The normalized spacial score (nSPS) is 12.4. The quantitative estimate of drug-likeness (QED) is 0.685. The van der Waals surface area contributed by atoms with Crippen molar-refractivity contribution in [3.8, 4) is 0 Å². The van der Waals surface area contributed by atoms with Gasteiger partial charge in [0.25, 0.3) is 5.69 Å². The third-order valence-electron chi connectivity index (χ3n) is 2.37. The summed E-state index contributed by atoms with van der Waals surface area (Å²) in [7, 11) is 0. The number of halogens is 1. The van der Waals surface area contributed by atoms with Gasteiger partial charge < -0.3 is 5.73 Å². The number of hydrogen-bond donors (Lipinski definition) is 1. The minimum atomic E-state index is -0.519. The van der Waals surface area contributed by atoms with Crippen LogP contribution in [0, 0.1) is 10.1 Å². The molecule has 0 unspecified atom stereocenters. The fourth-order valence-electron chi connectivity index (χ4n) is 1.56. The molecule has 0 amide bonds. The molecule has 1 aromatic heterocycles. The van der Waals surface area contributed by atoms with Gasteiger partial charge in [-0.15, -0.1) is 11.3 Å². The number of nitro groups is 1. The molecule has 0 aliphatic heterocycles. The van der Waals surface area contributed by atoms with Crippen LogP contribution in [0.2, 0.25) is 5.02 Å². The largest absolute Gasteiger partial charge is 0.319 e. The van der Waals surface area contributed by atoms with E-state index >= 15 is 0 Å². The first-order chi connectivity index (χ1) is 8.09. The minimum Gasteiger partial charge on any atom is -0.319 e. The van der Waals surface area contributed by atoms with Gasteiger partial charge in [0.05, 0.1) is 16.5 Å². The molecule has 1 atom stereocenters. The van der Waals surface area contributed by atoms with E-state index in [1.807, 2.05) is 17.5 Å². The SMILES string of the molecule is N[C@H](c1cccs1)c1cc(Cl)ccc1[N+](=O)[O-]. The molecule has 0 spiro atoms. The zero-order valence-corrected chi connectivity index (χ0v) is 10.2. The Hall–Kier alpha value is -1.43. The second-order valence-electron chi connectivity index (χ2n) is 3.45. The summed E-state index contributed by atoms with van der Waals surface area (Å²) in [4.78, 5) is 11.3. The lowest BCUT2D eigenvalue weighted by Gasteiger charge is -2.10. The molecule has 0 aliphatic rings. The molecule has 1 aromatic carbocycles. The van der Waals surface area contributed by atoms with Gasteiger partial charge in [0, 0.05) is 16.0 Å². The van der Waals surface area contributed by atoms with Gasteiger partial charge in [-0.1, -0.05) is 17.7 Å². The lowest BCUT2D eigenvalue weighted by atomic mass is 10.0. The van der Waals surface area contributed by atoms with Gasteiger partial charge in [-0.3, -0.25) is 10.1 Å². The fourth-order valence-corrected chi connectivity index (χ4v) is 2.49. The molecular formula is C11H9ClN2O2S. The predicted octanol–water partition coefficient (Wildman–Crippen LogP) is 3.36. The van der Waals surface area contributed by atoms with Crippen molar-refractivity contribution in [3.05, 3.63) is 61.3 Å². The molecule has 2 rings (SSSR count).